The van der Waals surface area contributed by atoms with Gasteiger partial charge in [0.05, 0.1) is 11.3 Å². The number of hydrogen-bond donors (Lipinski definition) is 1. The number of pyridine rings is 1. The van der Waals surface area contributed by atoms with E-state index in [4.69, 9.17) is 4.74 Å². The van der Waals surface area contributed by atoms with Crippen LogP contribution in [0.15, 0.2) is 18.3 Å². The van der Waals surface area contributed by atoms with Crippen LogP contribution in [0.1, 0.15) is 72.1 Å². The number of alkyl halides is 5. The number of ether oxygens (including phenoxy) is 1. The topological polar surface area (TPSA) is 67.3 Å². The molecule has 12 heteroatoms. The van der Waals surface area contributed by atoms with E-state index in [1.807, 2.05) is 0 Å². The zero-order valence-electron chi connectivity index (χ0n) is 20.6. The molecule has 1 saturated carbocycles. The van der Waals surface area contributed by atoms with Gasteiger partial charge in [0, 0.05) is 50.1 Å². The Bertz CT molecular complexity index is 1040. The molecule has 2 aromatic rings. The number of rotatable bonds is 9. The molecular formula is C25H31F5N4O2S. The van der Waals surface area contributed by atoms with Gasteiger partial charge in [-0.2, -0.15) is 0 Å². The van der Waals surface area contributed by atoms with E-state index in [2.05, 4.69) is 20.2 Å². The summed E-state index contributed by atoms with van der Waals surface area (Å²) in [5, 5.41) is 3.03. The maximum atomic E-state index is 15.5. The van der Waals surface area contributed by atoms with Crippen LogP contribution in [0, 0.1) is 0 Å². The molecule has 0 unspecified atom stereocenters. The predicted octanol–water partition coefficient (Wildman–Crippen LogP) is 5.38. The summed E-state index contributed by atoms with van der Waals surface area (Å²) in [6, 6.07) is 2.48. The molecule has 0 atom stereocenters. The highest BCUT2D eigenvalue weighted by atomic mass is 32.1. The molecule has 204 valence electrons. The van der Waals surface area contributed by atoms with E-state index in [9.17, 15) is 22.4 Å². The van der Waals surface area contributed by atoms with Crippen LogP contribution in [0.4, 0.5) is 22.0 Å². The molecule has 0 bridgehead atoms. The summed E-state index contributed by atoms with van der Waals surface area (Å²) >= 11 is 1.30. The van der Waals surface area contributed by atoms with Crippen molar-refractivity contribution in [2.24, 2.45) is 0 Å². The lowest BCUT2D eigenvalue weighted by atomic mass is 9.81. The van der Waals surface area contributed by atoms with Gasteiger partial charge >= 0.3 is 0 Å². The molecule has 1 fully saturated rings. The Kier molecular flexibility index (Phi) is 8.67. The Morgan fingerprint density at radius 2 is 2.03 bits per heavy atom. The van der Waals surface area contributed by atoms with Gasteiger partial charge in [0.15, 0.2) is 6.61 Å². The minimum Gasteiger partial charge on any atom is -0.464 e. The third-order valence-corrected chi connectivity index (χ3v) is 7.98. The average molecular weight is 547 g/mol. The summed E-state index contributed by atoms with van der Waals surface area (Å²) in [4.78, 5) is 23.7. The first kappa shape index (κ1) is 27.7. The van der Waals surface area contributed by atoms with Gasteiger partial charge in [-0.25, -0.2) is 26.9 Å². The van der Waals surface area contributed by atoms with E-state index in [-0.39, 0.29) is 29.6 Å². The maximum Gasteiger partial charge on any atom is 0.281 e. The van der Waals surface area contributed by atoms with Crippen LogP contribution < -0.4 is 10.1 Å². The molecule has 0 spiro atoms. The van der Waals surface area contributed by atoms with Crippen LogP contribution in [0.3, 0.4) is 0 Å². The highest BCUT2D eigenvalue weighted by Crippen LogP contribution is 2.36. The second-order valence-electron chi connectivity index (χ2n) is 9.94. The van der Waals surface area contributed by atoms with Crippen molar-refractivity contribution < 1.29 is 31.5 Å². The number of amides is 1. The maximum absolute atomic E-state index is 15.5. The van der Waals surface area contributed by atoms with Crippen molar-refractivity contribution in [3.05, 3.63) is 40.2 Å². The average Bonchev–Trinajstić information content (AvgIpc) is 3.15. The normalized spacial score (nSPS) is 22.9. The van der Waals surface area contributed by atoms with E-state index in [1.165, 1.54) is 29.7 Å². The highest BCUT2D eigenvalue weighted by Gasteiger charge is 2.36. The van der Waals surface area contributed by atoms with Gasteiger partial charge in [0.1, 0.15) is 11.4 Å². The first-order valence-electron chi connectivity index (χ1n) is 12.5. The van der Waals surface area contributed by atoms with Gasteiger partial charge in [-0.1, -0.05) is 11.3 Å². The van der Waals surface area contributed by atoms with Crippen LogP contribution in [0.5, 0.6) is 5.19 Å². The monoisotopic (exact) mass is 546 g/mol. The second-order valence-corrected chi connectivity index (χ2v) is 11.0. The summed E-state index contributed by atoms with van der Waals surface area (Å²) in [5.41, 5.74) is -1.19. The molecule has 1 amide bonds. The first-order valence-corrected chi connectivity index (χ1v) is 13.3. The summed E-state index contributed by atoms with van der Waals surface area (Å²) in [7, 11) is 0. The standard InChI is InChI=1S/C25H31F5N4O2S/c1-24(28,29)15-36-23-33-18-6-12-34(13-7-19(18)37-23)14-10-25(30)8-4-16(5-9-25)32-22(35)17-3-2-11-31-20(17)21(26)27/h2-3,11,16,21H,4-10,12-15H2,1H3,(H,32,35). The van der Waals surface area contributed by atoms with E-state index in [1.54, 1.807) is 0 Å². The van der Waals surface area contributed by atoms with Crippen molar-refractivity contribution in [2.45, 2.75) is 75.9 Å². The molecule has 0 radical (unpaired) electrons. The fraction of sp³-hybridized carbons (Fsp3) is 0.640. The van der Waals surface area contributed by atoms with Crippen molar-refractivity contribution in [1.82, 2.24) is 20.2 Å². The molecule has 1 aliphatic heterocycles. The summed E-state index contributed by atoms with van der Waals surface area (Å²) in [6.07, 6.45) is 1.56. The van der Waals surface area contributed by atoms with Gasteiger partial charge in [-0.15, -0.1) is 0 Å². The molecule has 1 aliphatic carbocycles. The third-order valence-electron chi connectivity index (χ3n) is 6.91. The van der Waals surface area contributed by atoms with Gasteiger partial charge in [0.2, 0.25) is 0 Å². The Labute approximate surface area is 216 Å². The molecule has 2 aliphatic rings. The van der Waals surface area contributed by atoms with Gasteiger partial charge in [0.25, 0.3) is 23.4 Å². The number of carbonyl (C=O) groups is 1. The van der Waals surface area contributed by atoms with Crippen molar-refractivity contribution in [2.75, 3.05) is 26.2 Å². The Balaban J connectivity index is 1.21. The van der Waals surface area contributed by atoms with Crippen molar-refractivity contribution in [3.63, 3.8) is 0 Å². The van der Waals surface area contributed by atoms with Gasteiger partial charge in [-0.3, -0.25) is 9.78 Å². The van der Waals surface area contributed by atoms with E-state index < -0.39 is 36.2 Å². The molecule has 6 nitrogen and oxygen atoms in total. The van der Waals surface area contributed by atoms with Gasteiger partial charge < -0.3 is 15.0 Å². The predicted molar refractivity (Wildman–Crippen MR) is 129 cm³/mol. The highest BCUT2D eigenvalue weighted by molar-refractivity contribution is 7.13. The number of carbonyl (C=O) groups excluding carboxylic acids is 1. The van der Waals surface area contributed by atoms with Crippen molar-refractivity contribution >= 4 is 17.2 Å². The minimum atomic E-state index is -2.91. The number of thiazole rings is 1. The fourth-order valence-electron chi connectivity index (χ4n) is 4.79. The lowest BCUT2D eigenvalue weighted by Crippen LogP contribution is -2.43. The molecule has 3 heterocycles. The van der Waals surface area contributed by atoms with Crippen LogP contribution >= 0.6 is 11.3 Å². The fourth-order valence-corrected chi connectivity index (χ4v) is 5.74. The SMILES string of the molecule is CC(F)(F)COc1nc2c(s1)CCN(CCC1(F)CCC(NC(=O)c3cccnc3C(F)F)CC1)CC2. The Morgan fingerprint density at radius 3 is 2.73 bits per heavy atom. The minimum absolute atomic E-state index is 0.152. The molecule has 4 rings (SSSR count). The quantitative estimate of drug-likeness (QED) is 0.428. The van der Waals surface area contributed by atoms with Gasteiger partial charge in [-0.05, 0) is 50.7 Å². The number of nitrogens with one attached hydrogen (secondary N) is 1. The number of nitrogens with zero attached hydrogens (tertiary/aromatic N) is 3. The smallest absolute Gasteiger partial charge is 0.281 e. The zero-order chi connectivity index (χ0) is 26.6. The first-order chi connectivity index (χ1) is 17.5. The molecule has 2 aromatic heterocycles. The lowest BCUT2D eigenvalue weighted by Gasteiger charge is -2.35. The second kappa shape index (κ2) is 11.6. The van der Waals surface area contributed by atoms with Crippen LogP contribution in [0.25, 0.3) is 0 Å². The lowest BCUT2D eigenvalue weighted by molar-refractivity contribution is -0.0230. The molecule has 0 saturated heterocycles. The molecule has 0 aromatic carbocycles. The van der Waals surface area contributed by atoms with Crippen molar-refractivity contribution in [1.29, 1.82) is 0 Å². The molecule has 37 heavy (non-hydrogen) atoms. The number of hydrogen-bond acceptors (Lipinski definition) is 6. The Morgan fingerprint density at radius 1 is 1.30 bits per heavy atom. The molecular weight excluding hydrogens is 515 g/mol. The Hall–Kier alpha value is -2.34. The molecule has 1 N–H and O–H groups in total. The van der Waals surface area contributed by atoms with Crippen LogP contribution in [-0.4, -0.2) is 64.6 Å². The van der Waals surface area contributed by atoms with Crippen LogP contribution in [0.2, 0.25) is 0 Å². The van der Waals surface area contributed by atoms with E-state index in [0.717, 1.165) is 24.0 Å². The zero-order valence-corrected chi connectivity index (χ0v) is 21.4. The summed E-state index contributed by atoms with van der Waals surface area (Å²) < 4.78 is 73.0. The largest absolute Gasteiger partial charge is 0.464 e. The van der Waals surface area contributed by atoms with Crippen LogP contribution in [-0.2, 0) is 12.8 Å². The number of halogens is 5. The van der Waals surface area contributed by atoms with E-state index in [0.29, 0.717) is 45.2 Å². The van der Waals surface area contributed by atoms with E-state index >= 15 is 4.39 Å². The number of aromatic nitrogens is 2. The summed E-state index contributed by atoms with van der Waals surface area (Å²) in [5.74, 6) is -3.52. The van der Waals surface area contributed by atoms with Crippen molar-refractivity contribution in [3.8, 4) is 5.19 Å². The number of fused-ring (bicyclic) bond motifs is 1. The summed E-state index contributed by atoms with van der Waals surface area (Å²) in [6.45, 7) is 2.12. The third kappa shape index (κ3) is 7.59.